The smallest absolute Gasteiger partial charge is 0.264 e. The predicted octanol–water partition coefficient (Wildman–Crippen LogP) is 4.13. The van der Waals surface area contributed by atoms with Crippen molar-refractivity contribution in [3.05, 3.63) is 88.1 Å². The van der Waals surface area contributed by atoms with Gasteiger partial charge >= 0.3 is 0 Å². The highest BCUT2D eigenvalue weighted by molar-refractivity contribution is 6.13. The second kappa shape index (κ2) is 8.50. The van der Waals surface area contributed by atoms with E-state index in [9.17, 15) is 4.79 Å². The molecule has 0 atom stereocenters. The standard InChI is InChI=1S/C26H25N5O2/c1-3-33-24-11-7-18-13-21(17-6-9-22(27)19(12-17)14-28-2)26(32)31(25(18)30-24)20-8-10-23(29-15-20)16-4-5-16/h6-16,27-28H,3-5H2,1-2H3/b19-14-,27-22?. The predicted molar refractivity (Wildman–Crippen MR) is 130 cm³/mol. The normalized spacial score (nSPS) is 16.8. The number of hydrogen-bond donors (Lipinski definition) is 2. The number of rotatable bonds is 6. The van der Waals surface area contributed by atoms with Crippen LogP contribution in [0.4, 0.5) is 0 Å². The van der Waals surface area contributed by atoms with Gasteiger partial charge in [0.05, 0.1) is 24.2 Å². The lowest BCUT2D eigenvalue weighted by Crippen LogP contribution is -2.23. The van der Waals surface area contributed by atoms with Gasteiger partial charge in [0.15, 0.2) is 5.65 Å². The molecule has 0 aliphatic heterocycles. The lowest BCUT2D eigenvalue weighted by atomic mass is 9.95. The Labute approximate surface area is 191 Å². The molecule has 0 amide bonds. The second-order valence-electron chi connectivity index (χ2n) is 8.14. The van der Waals surface area contributed by atoms with Gasteiger partial charge in [-0.15, -0.1) is 0 Å². The fraction of sp³-hybridized carbons (Fsp3) is 0.231. The number of hydrogen-bond acceptors (Lipinski definition) is 6. The van der Waals surface area contributed by atoms with Gasteiger partial charge in [-0.3, -0.25) is 14.3 Å². The molecule has 3 aromatic heterocycles. The van der Waals surface area contributed by atoms with Gasteiger partial charge in [0.1, 0.15) is 0 Å². The third-order valence-corrected chi connectivity index (χ3v) is 5.80. The van der Waals surface area contributed by atoms with Crippen molar-refractivity contribution in [2.45, 2.75) is 25.7 Å². The van der Waals surface area contributed by atoms with Gasteiger partial charge in [0, 0.05) is 47.4 Å². The molecular weight excluding hydrogens is 414 g/mol. The first kappa shape index (κ1) is 20.9. The zero-order valence-electron chi connectivity index (χ0n) is 18.6. The fourth-order valence-corrected chi connectivity index (χ4v) is 4.00. The van der Waals surface area contributed by atoms with Crippen LogP contribution in [0.5, 0.6) is 5.88 Å². The van der Waals surface area contributed by atoms with Crippen molar-refractivity contribution < 1.29 is 4.74 Å². The quantitative estimate of drug-likeness (QED) is 0.602. The van der Waals surface area contributed by atoms with Crippen molar-refractivity contribution in [3.63, 3.8) is 0 Å². The molecule has 2 aliphatic carbocycles. The maximum absolute atomic E-state index is 13.8. The molecule has 166 valence electrons. The second-order valence-corrected chi connectivity index (χ2v) is 8.14. The van der Waals surface area contributed by atoms with Crippen molar-refractivity contribution in [1.82, 2.24) is 19.9 Å². The van der Waals surface area contributed by atoms with E-state index in [2.05, 4.69) is 15.3 Å². The van der Waals surface area contributed by atoms with Crippen molar-refractivity contribution in [2.24, 2.45) is 0 Å². The molecule has 2 aliphatic rings. The average molecular weight is 440 g/mol. The van der Waals surface area contributed by atoms with Crippen LogP contribution in [-0.2, 0) is 0 Å². The summed E-state index contributed by atoms with van der Waals surface area (Å²) in [7, 11) is 1.79. The monoisotopic (exact) mass is 439 g/mol. The molecule has 0 bridgehead atoms. The minimum absolute atomic E-state index is 0.197. The maximum Gasteiger partial charge on any atom is 0.264 e. The van der Waals surface area contributed by atoms with Crippen LogP contribution in [0.25, 0.3) is 22.3 Å². The van der Waals surface area contributed by atoms with Gasteiger partial charge < -0.3 is 15.5 Å². The number of aromatic nitrogens is 3. The fourth-order valence-electron chi connectivity index (χ4n) is 4.00. The molecule has 0 aromatic carbocycles. The highest BCUT2D eigenvalue weighted by Gasteiger charge is 2.25. The molecule has 7 heteroatoms. The Morgan fingerprint density at radius 1 is 1.24 bits per heavy atom. The highest BCUT2D eigenvalue weighted by Crippen LogP contribution is 2.39. The summed E-state index contributed by atoms with van der Waals surface area (Å²) < 4.78 is 7.20. The van der Waals surface area contributed by atoms with E-state index in [1.807, 2.05) is 43.3 Å². The van der Waals surface area contributed by atoms with Crippen LogP contribution >= 0.6 is 0 Å². The van der Waals surface area contributed by atoms with E-state index in [-0.39, 0.29) is 5.56 Å². The Bertz CT molecular complexity index is 1390. The Morgan fingerprint density at radius 3 is 2.79 bits per heavy atom. The SMILES string of the molecule is CCOc1ccc2cc(C3=C/C(=C/NC)C(=N)C=C3)c(=O)n(-c3ccc(C4CC4)nc3)c2n1. The Kier molecular flexibility index (Phi) is 5.38. The van der Waals surface area contributed by atoms with Crippen molar-refractivity contribution >= 4 is 22.3 Å². The number of nitrogens with one attached hydrogen (secondary N) is 2. The number of pyridine rings is 3. The Balaban J connectivity index is 1.73. The van der Waals surface area contributed by atoms with E-state index in [1.54, 1.807) is 36.2 Å². The van der Waals surface area contributed by atoms with Crippen LogP contribution in [0.1, 0.15) is 36.9 Å². The van der Waals surface area contributed by atoms with Crippen LogP contribution in [0.15, 0.2) is 71.3 Å². The first-order valence-electron chi connectivity index (χ1n) is 11.1. The topological polar surface area (TPSA) is 92.9 Å². The molecule has 3 aromatic rings. The summed E-state index contributed by atoms with van der Waals surface area (Å²) >= 11 is 0. The highest BCUT2D eigenvalue weighted by atomic mass is 16.5. The number of ether oxygens (including phenoxy) is 1. The van der Waals surface area contributed by atoms with Crippen LogP contribution in [0.2, 0.25) is 0 Å². The zero-order chi connectivity index (χ0) is 22.9. The molecule has 7 nitrogen and oxygen atoms in total. The Morgan fingerprint density at radius 2 is 2.09 bits per heavy atom. The first-order valence-corrected chi connectivity index (χ1v) is 11.1. The third kappa shape index (κ3) is 3.98. The molecule has 5 rings (SSSR count). The average Bonchev–Trinajstić information content (AvgIpc) is 3.67. The molecule has 0 saturated heterocycles. The minimum atomic E-state index is -0.197. The molecule has 0 radical (unpaired) electrons. The molecule has 1 fully saturated rings. The van der Waals surface area contributed by atoms with E-state index in [1.165, 1.54) is 12.8 Å². The molecule has 2 N–H and O–H groups in total. The summed E-state index contributed by atoms with van der Waals surface area (Å²) in [6.07, 6.45) is 11.2. The molecular formula is C26H25N5O2. The van der Waals surface area contributed by atoms with Gasteiger partial charge in [-0.2, -0.15) is 4.98 Å². The van der Waals surface area contributed by atoms with E-state index in [0.29, 0.717) is 46.6 Å². The summed E-state index contributed by atoms with van der Waals surface area (Å²) in [5.41, 5.74) is 4.42. The largest absolute Gasteiger partial charge is 0.478 e. The van der Waals surface area contributed by atoms with E-state index in [0.717, 1.165) is 16.7 Å². The molecule has 0 spiro atoms. The van der Waals surface area contributed by atoms with Crippen LogP contribution in [0.3, 0.4) is 0 Å². The number of nitrogens with zero attached hydrogens (tertiary/aromatic N) is 3. The molecule has 1 saturated carbocycles. The minimum Gasteiger partial charge on any atom is -0.478 e. The van der Waals surface area contributed by atoms with Crippen molar-refractivity contribution in [2.75, 3.05) is 13.7 Å². The first-order chi connectivity index (χ1) is 16.1. The molecule has 33 heavy (non-hydrogen) atoms. The van der Waals surface area contributed by atoms with Crippen molar-refractivity contribution in [1.29, 1.82) is 5.41 Å². The summed E-state index contributed by atoms with van der Waals surface area (Å²) in [5, 5.41) is 11.9. The Hall–Kier alpha value is -4.00. The summed E-state index contributed by atoms with van der Waals surface area (Å²) in [6, 6.07) is 9.52. The van der Waals surface area contributed by atoms with E-state index < -0.39 is 0 Å². The van der Waals surface area contributed by atoms with E-state index >= 15 is 0 Å². The van der Waals surface area contributed by atoms with Crippen LogP contribution in [0, 0.1) is 5.41 Å². The van der Waals surface area contributed by atoms with Crippen LogP contribution < -0.4 is 15.6 Å². The van der Waals surface area contributed by atoms with Gasteiger partial charge in [0.25, 0.3) is 5.56 Å². The van der Waals surface area contributed by atoms with Gasteiger partial charge in [-0.1, -0.05) is 6.08 Å². The lowest BCUT2D eigenvalue weighted by Gasteiger charge is -2.16. The summed E-state index contributed by atoms with van der Waals surface area (Å²) in [6.45, 7) is 2.39. The van der Waals surface area contributed by atoms with Gasteiger partial charge in [0.2, 0.25) is 5.88 Å². The van der Waals surface area contributed by atoms with Gasteiger partial charge in [-0.05, 0) is 61.8 Å². The van der Waals surface area contributed by atoms with Gasteiger partial charge in [-0.25, -0.2) is 0 Å². The number of fused-ring (bicyclic) bond motifs is 1. The zero-order valence-corrected chi connectivity index (χ0v) is 18.6. The molecule has 3 heterocycles. The van der Waals surface area contributed by atoms with Crippen molar-refractivity contribution in [3.8, 4) is 11.6 Å². The lowest BCUT2D eigenvalue weighted by molar-refractivity contribution is 0.328. The molecule has 0 unspecified atom stereocenters. The van der Waals surface area contributed by atoms with Crippen LogP contribution in [-0.4, -0.2) is 33.9 Å². The number of allylic oxidation sites excluding steroid dienone is 5. The summed E-state index contributed by atoms with van der Waals surface area (Å²) in [4.78, 5) is 23.1. The third-order valence-electron chi connectivity index (χ3n) is 5.80. The van der Waals surface area contributed by atoms with E-state index in [4.69, 9.17) is 10.1 Å². The maximum atomic E-state index is 13.8. The summed E-state index contributed by atoms with van der Waals surface area (Å²) in [5.74, 6) is 1.00.